The van der Waals surface area contributed by atoms with Crippen LogP contribution >= 0.6 is 0 Å². The van der Waals surface area contributed by atoms with Crippen LogP contribution in [0, 0.1) is 6.07 Å². The Morgan fingerprint density at radius 3 is 2.81 bits per heavy atom. The molecule has 0 aliphatic heterocycles. The van der Waals surface area contributed by atoms with Gasteiger partial charge in [0.25, 0.3) is 0 Å². The number of rotatable bonds is 3. The fourth-order valence-corrected chi connectivity index (χ4v) is 2.85. The van der Waals surface area contributed by atoms with Crippen LogP contribution in [0.25, 0.3) is 17.3 Å². The van der Waals surface area contributed by atoms with Crippen molar-refractivity contribution in [2.24, 2.45) is 0 Å². The molecule has 0 N–H and O–H groups in total. The van der Waals surface area contributed by atoms with Gasteiger partial charge in [0.15, 0.2) is 0 Å². The van der Waals surface area contributed by atoms with Gasteiger partial charge >= 0.3 is 0 Å². The Morgan fingerprint density at radius 2 is 2.14 bits per heavy atom. The standard InChI is InChI=1S/C19H18N.Ir/c1-4-7-16-13-15-12-14(18-8-5-6-11-20-18)9-10-17(15)19(16,2)3;/h4-6,8,10-13H,1,7H2,2-3H3;/q-1;. The fourth-order valence-electron chi connectivity index (χ4n) is 2.85. The van der Waals surface area contributed by atoms with Crippen molar-refractivity contribution in [2.45, 2.75) is 25.7 Å². The molecule has 1 radical (unpaired) electrons. The molecule has 1 aromatic carbocycles. The van der Waals surface area contributed by atoms with Crippen molar-refractivity contribution in [1.82, 2.24) is 4.98 Å². The first-order valence-corrected chi connectivity index (χ1v) is 6.92. The molecule has 1 aliphatic rings. The summed E-state index contributed by atoms with van der Waals surface area (Å²) in [5.74, 6) is 0. The van der Waals surface area contributed by atoms with E-state index in [-0.39, 0.29) is 25.5 Å². The summed E-state index contributed by atoms with van der Waals surface area (Å²) in [5.41, 5.74) is 6.13. The number of nitrogens with zero attached hydrogens (tertiary/aromatic N) is 1. The van der Waals surface area contributed by atoms with Gasteiger partial charge in [-0.2, -0.15) is 0 Å². The summed E-state index contributed by atoms with van der Waals surface area (Å²) in [4.78, 5) is 4.40. The molecule has 0 saturated carbocycles. The van der Waals surface area contributed by atoms with Gasteiger partial charge in [-0.25, -0.2) is 0 Å². The maximum absolute atomic E-state index is 4.40. The van der Waals surface area contributed by atoms with Crippen LogP contribution in [-0.4, -0.2) is 4.98 Å². The van der Waals surface area contributed by atoms with E-state index in [0.717, 1.165) is 17.7 Å². The second-order valence-electron chi connectivity index (χ2n) is 5.72. The molecule has 0 amide bonds. The van der Waals surface area contributed by atoms with E-state index >= 15 is 0 Å². The van der Waals surface area contributed by atoms with Gasteiger partial charge in [0, 0.05) is 26.3 Å². The van der Waals surface area contributed by atoms with Crippen molar-refractivity contribution in [1.29, 1.82) is 0 Å². The Hall–Kier alpha value is -1.50. The Kier molecular flexibility index (Phi) is 4.61. The molecule has 0 atom stereocenters. The molecule has 2 heteroatoms. The van der Waals surface area contributed by atoms with E-state index in [1.54, 1.807) is 0 Å². The zero-order chi connectivity index (χ0) is 14.2. The Bertz CT molecular complexity index is 684. The summed E-state index contributed by atoms with van der Waals surface area (Å²) in [6.07, 6.45) is 7.01. The van der Waals surface area contributed by atoms with Crippen molar-refractivity contribution in [3.8, 4) is 11.3 Å². The summed E-state index contributed by atoms with van der Waals surface area (Å²) in [6.45, 7) is 8.39. The third-order valence-corrected chi connectivity index (χ3v) is 4.09. The second kappa shape index (κ2) is 6.09. The van der Waals surface area contributed by atoms with Gasteiger partial charge in [0.05, 0.1) is 0 Å². The molecule has 1 nitrogen and oxygen atoms in total. The number of allylic oxidation sites excluding steroid dienone is 2. The van der Waals surface area contributed by atoms with E-state index in [1.807, 2.05) is 30.5 Å². The molecule has 21 heavy (non-hydrogen) atoms. The van der Waals surface area contributed by atoms with Gasteiger partial charge in [-0.3, -0.25) is 0 Å². The molecule has 0 saturated heterocycles. The van der Waals surface area contributed by atoms with Gasteiger partial charge in [0.2, 0.25) is 0 Å². The maximum atomic E-state index is 4.40. The van der Waals surface area contributed by atoms with Crippen LogP contribution < -0.4 is 0 Å². The average molecular weight is 453 g/mol. The largest absolute Gasteiger partial charge is 0.305 e. The average Bonchev–Trinajstić information content (AvgIpc) is 2.71. The number of hydrogen-bond acceptors (Lipinski definition) is 1. The molecule has 2 aromatic rings. The van der Waals surface area contributed by atoms with Gasteiger partial charge in [-0.1, -0.05) is 43.7 Å². The van der Waals surface area contributed by atoms with Crippen molar-refractivity contribution in [2.75, 3.05) is 0 Å². The van der Waals surface area contributed by atoms with Crippen LogP contribution in [0.1, 0.15) is 31.4 Å². The summed E-state index contributed by atoms with van der Waals surface area (Å²) in [7, 11) is 0. The molecule has 1 aromatic heterocycles. The molecule has 1 aliphatic carbocycles. The van der Waals surface area contributed by atoms with Crippen LogP contribution in [0.15, 0.2) is 54.8 Å². The van der Waals surface area contributed by atoms with Gasteiger partial charge < -0.3 is 4.98 Å². The molecular formula is C19H18IrN-. The Labute approximate surface area is 140 Å². The predicted octanol–water partition coefficient (Wildman–Crippen LogP) is 4.80. The molecular weight excluding hydrogens is 434 g/mol. The SMILES string of the molecule is C=CCC1=Cc2cc(-c3ccccn3)[c-]cc2C1(C)C.[Ir]. The summed E-state index contributed by atoms with van der Waals surface area (Å²) in [6, 6.07) is 13.6. The minimum absolute atomic E-state index is 0. The number of benzene rings is 1. The Balaban J connectivity index is 0.00000161. The normalized spacial score (nSPS) is 14.9. The third kappa shape index (κ3) is 2.79. The Morgan fingerprint density at radius 1 is 1.33 bits per heavy atom. The van der Waals surface area contributed by atoms with Crippen molar-refractivity contribution >= 4 is 6.08 Å². The number of pyridine rings is 1. The van der Waals surface area contributed by atoms with E-state index in [1.165, 1.54) is 16.7 Å². The molecule has 0 bridgehead atoms. The van der Waals surface area contributed by atoms with Gasteiger partial charge in [-0.15, -0.1) is 41.5 Å². The molecule has 3 rings (SSSR count). The summed E-state index contributed by atoms with van der Waals surface area (Å²) in [5, 5.41) is 0. The van der Waals surface area contributed by atoms with E-state index in [9.17, 15) is 0 Å². The summed E-state index contributed by atoms with van der Waals surface area (Å²) < 4.78 is 0. The minimum Gasteiger partial charge on any atom is -0.305 e. The van der Waals surface area contributed by atoms with Crippen LogP contribution in [0.5, 0.6) is 0 Å². The fraction of sp³-hybridized carbons (Fsp3) is 0.211. The monoisotopic (exact) mass is 453 g/mol. The number of fused-ring (bicyclic) bond motifs is 1. The first-order valence-electron chi connectivity index (χ1n) is 6.92. The zero-order valence-corrected chi connectivity index (χ0v) is 14.7. The molecule has 109 valence electrons. The van der Waals surface area contributed by atoms with Crippen molar-refractivity contribution in [3.05, 3.63) is 72.0 Å². The predicted molar refractivity (Wildman–Crippen MR) is 84.3 cm³/mol. The first kappa shape index (κ1) is 15.9. The number of hydrogen-bond donors (Lipinski definition) is 0. The van der Waals surface area contributed by atoms with E-state index in [0.29, 0.717) is 0 Å². The second-order valence-corrected chi connectivity index (χ2v) is 5.72. The quantitative estimate of drug-likeness (QED) is 0.482. The molecule has 0 spiro atoms. The van der Waals surface area contributed by atoms with E-state index in [2.05, 4.69) is 49.7 Å². The van der Waals surface area contributed by atoms with Crippen LogP contribution in [-0.2, 0) is 25.5 Å². The van der Waals surface area contributed by atoms with Crippen LogP contribution in [0.2, 0.25) is 0 Å². The van der Waals surface area contributed by atoms with E-state index < -0.39 is 0 Å². The summed E-state index contributed by atoms with van der Waals surface area (Å²) >= 11 is 0. The van der Waals surface area contributed by atoms with Crippen molar-refractivity contribution < 1.29 is 20.1 Å². The topological polar surface area (TPSA) is 12.9 Å². The molecule has 1 heterocycles. The van der Waals surface area contributed by atoms with Crippen LogP contribution in [0.4, 0.5) is 0 Å². The third-order valence-electron chi connectivity index (χ3n) is 4.09. The maximum Gasteiger partial charge on any atom is 0.0160 e. The first-order chi connectivity index (χ1) is 9.63. The number of aromatic nitrogens is 1. The van der Waals surface area contributed by atoms with Gasteiger partial charge in [0.1, 0.15) is 0 Å². The van der Waals surface area contributed by atoms with Crippen molar-refractivity contribution in [3.63, 3.8) is 0 Å². The van der Waals surface area contributed by atoms with E-state index in [4.69, 9.17) is 0 Å². The molecule has 0 unspecified atom stereocenters. The molecule has 0 fully saturated rings. The minimum atomic E-state index is 0. The zero-order valence-electron chi connectivity index (χ0n) is 12.3. The van der Waals surface area contributed by atoms with Gasteiger partial charge in [-0.05, 0) is 23.6 Å². The van der Waals surface area contributed by atoms with Crippen LogP contribution in [0.3, 0.4) is 0 Å². The smallest absolute Gasteiger partial charge is 0.0160 e.